The number of carbonyl (C=O) groups is 1. The lowest BCUT2D eigenvalue weighted by Crippen LogP contribution is -2.30. The van der Waals surface area contributed by atoms with Gasteiger partial charge in [0, 0.05) is 11.6 Å². The predicted molar refractivity (Wildman–Crippen MR) is 67.3 cm³/mol. The zero-order valence-corrected chi connectivity index (χ0v) is 11.2. The van der Waals surface area contributed by atoms with Gasteiger partial charge >= 0.3 is 5.97 Å². The number of hydrogen-bond donors (Lipinski definition) is 1. The molecule has 0 rings (SSSR count). The van der Waals surface area contributed by atoms with E-state index in [1.807, 2.05) is 27.0 Å². The van der Waals surface area contributed by atoms with Crippen LogP contribution in [-0.2, 0) is 9.53 Å². The molecule has 0 aromatic heterocycles. The summed E-state index contributed by atoms with van der Waals surface area (Å²) < 4.78 is 5.02. The molecule has 2 atom stereocenters. The van der Waals surface area contributed by atoms with Crippen LogP contribution in [0.4, 0.5) is 0 Å². The Hall–Kier alpha value is -0.830. The van der Waals surface area contributed by atoms with Crippen molar-refractivity contribution < 1.29 is 9.53 Å². The molecule has 0 radical (unpaired) electrons. The van der Waals surface area contributed by atoms with Gasteiger partial charge in [0.25, 0.3) is 0 Å². The van der Waals surface area contributed by atoms with Crippen molar-refractivity contribution in [2.24, 2.45) is 5.92 Å². The Kier molecular flexibility index (Phi) is 7.90. The van der Waals surface area contributed by atoms with Crippen molar-refractivity contribution in [3.8, 4) is 0 Å². The molecule has 0 aromatic carbocycles. The maximum atomic E-state index is 11.6. The fourth-order valence-corrected chi connectivity index (χ4v) is 1.56. The van der Waals surface area contributed by atoms with Gasteiger partial charge in [-0.3, -0.25) is 0 Å². The quantitative estimate of drug-likeness (QED) is 0.536. The minimum Gasteiger partial charge on any atom is -0.463 e. The van der Waals surface area contributed by atoms with Gasteiger partial charge < -0.3 is 10.1 Å². The fourth-order valence-electron chi connectivity index (χ4n) is 1.56. The SMILES string of the molecule is CCOC(=O)C(=CC(NC)[C@@H](C)CC)CC. The summed E-state index contributed by atoms with van der Waals surface area (Å²) in [6.45, 7) is 8.57. The van der Waals surface area contributed by atoms with E-state index in [1.165, 1.54) is 0 Å². The van der Waals surface area contributed by atoms with Crippen LogP contribution >= 0.6 is 0 Å². The summed E-state index contributed by atoms with van der Waals surface area (Å²) in [5.74, 6) is 0.328. The molecule has 16 heavy (non-hydrogen) atoms. The summed E-state index contributed by atoms with van der Waals surface area (Å²) in [5, 5.41) is 3.23. The second-order valence-corrected chi connectivity index (χ2v) is 3.97. The molecule has 0 saturated heterocycles. The highest BCUT2D eigenvalue weighted by molar-refractivity contribution is 5.88. The average Bonchev–Trinajstić information content (AvgIpc) is 2.30. The van der Waals surface area contributed by atoms with Gasteiger partial charge in [0.2, 0.25) is 0 Å². The fraction of sp³-hybridized carbons (Fsp3) is 0.769. The summed E-state index contributed by atoms with van der Waals surface area (Å²) in [4.78, 5) is 11.6. The van der Waals surface area contributed by atoms with Gasteiger partial charge in [-0.05, 0) is 26.3 Å². The first-order chi connectivity index (χ1) is 7.60. The largest absolute Gasteiger partial charge is 0.463 e. The summed E-state index contributed by atoms with van der Waals surface area (Å²) in [6.07, 6.45) is 3.81. The van der Waals surface area contributed by atoms with Crippen LogP contribution in [0.15, 0.2) is 11.6 Å². The summed E-state index contributed by atoms with van der Waals surface area (Å²) in [5.41, 5.74) is 0.765. The van der Waals surface area contributed by atoms with Crippen LogP contribution in [0, 0.1) is 5.92 Å². The Labute approximate surface area is 99.3 Å². The number of likely N-dealkylation sites (N-methyl/N-ethyl adjacent to an activating group) is 1. The minimum atomic E-state index is -0.187. The highest BCUT2D eigenvalue weighted by Crippen LogP contribution is 2.13. The molecule has 94 valence electrons. The highest BCUT2D eigenvalue weighted by atomic mass is 16.5. The third-order valence-electron chi connectivity index (χ3n) is 2.89. The van der Waals surface area contributed by atoms with Crippen LogP contribution in [0.25, 0.3) is 0 Å². The smallest absolute Gasteiger partial charge is 0.333 e. The molecular formula is C13H25NO2. The zero-order chi connectivity index (χ0) is 12.6. The summed E-state index contributed by atoms with van der Waals surface area (Å²) in [6, 6.07) is 0.240. The van der Waals surface area contributed by atoms with E-state index < -0.39 is 0 Å². The first-order valence-electron chi connectivity index (χ1n) is 6.15. The number of rotatable bonds is 7. The number of nitrogens with one attached hydrogen (secondary N) is 1. The monoisotopic (exact) mass is 227 g/mol. The Morgan fingerprint density at radius 2 is 2.00 bits per heavy atom. The van der Waals surface area contributed by atoms with E-state index >= 15 is 0 Å². The second-order valence-electron chi connectivity index (χ2n) is 3.97. The van der Waals surface area contributed by atoms with E-state index in [9.17, 15) is 4.79 Å². The van der Waals surface area contributed by atoms with Crippen LogP contribution < -0.4 is 5.32 Å². The molecule has 1 unspecified atom stereocenters. The average molecular weight is 227 g/mol. The molecule has 0 spiro atoms. The lowest BCUT2D eigenvalue weighted by molar-refractivity contribution is -0.138. The second kappa shape index (κ2) is 8.34. The topological polar surface area (TPSA) is 38.3 Å². The van der Waals surface area contributed by atoms with Crippen molar-refractivity contribution in [2.45, 2.75) is 46.6 Å². The summed E-state index contributed by atoms with van der Waals surface area (Å²) >= 11 is 0. The molecule has 0 aromatic rings. The number of ether oxygens (including phenoxy) is 1. The molecule has 0 bridgehead atoms. The molecule has 0 aliphatic rings. The third kappa shape index (κ3) is 4.79. The van der Waals surface area contributed by atoms with Crippen LogP contribution in [0.5, 0.6) is 0 Å². The predicted octanol–water partition coefficient (Wildman–Crippen LogP) is 2.52. The van der Waals surface area contributed by atoms with Gasteiger partial charge in [-0.1, -0.05) is 33.3 Å². The minimum absolute atomic E-state index is 0.187. The van der Waals surface area contributed by atoms with E-state index in [2.05, 4.69) is 19.2 Å². The van der Waals surface area contributed by atoms with E-state index in [0.29, 0.717) is 18.9 Å². The van der Waals surface area contributed by atoms with E-state index in [-0.39, 0.29) is 12.0 Å². The first kappa shape index (κ1) is 15.2. The Bertz CT molecular complexity index is 236. The molecule has 0 saturated carbocycles. The molecule has 0 amide bonds. The molecule has 0 heterocycles. The van der Waals surface area contributed by atoms with E-state index in [1.54, 1.807) is 0 Å². The highest BCUT2D eigenvalue weighted by Gasteiger charge is 2.15. The van der Waals surface area contributed by atoms with Gasteiger partial charge in [-0.25, -0.2) is 4.79 Å². The van der Waals surface area contributed by atoms with Gasteiger partial charge in [0.1, 0.15) is 0 Å². The standard InChI is InChI=1S/C13H25NO2/c1-6-10(4)12(14-5)9-11(7-2)13(15)16-8-3/h9-10,12,14H,6-8H2,1-5H3/t10-,12?/m0/s1. The Balaban J connectivity index is 4.69. The molecule has 3 heteroatoms. The summed E-state index contributed by atoms with van der Waals surface area (Å²) in [7, 11) is 1.92. The van der Waals surface area contributed by atoms with Gasteiger partial charge in [-0.15, -0.1) is 0 Å². The Morgan fingerprint density at radius 3 is 2.38 bits per heavy atom. The van der Waals surface area contributed by atoms with Crippen molar-refractivity contribution in [1.82, 2.24) is 5.32 Å². The molecule has 3 nitrogen and oxygen atoms in total. The molecular weight excluding hydrogens is 202 g/mol. The van der Waals surface area contributed by atoms with Crippen molar-refractivity contribution in [3.05, 3.63) is 11.6 Å². The number of carbonyl (C=O) groups excluding carboxylic acids is 1. The normalized spacial score (nSPS) is 15.7. The molecule has 0 aliphatic heterocycles. The van der Waals surface area contributed by atoms with Crippen molar-refractivity contribution in [2.75, 3.05) is 13.7 Å². The lowest BCUT2D eigenvalue weighted by atomic mass is 9.96. The van der Waals surface area contributed by atoms with Crippen LogP contribution in [-0.4, -0.2) is 25.7 Å². The molecule has 0 aliphatic carbocycles. The van der Waals surface area contributed by atoms with Gasteiger partial charge in [0.15, 0.2) is 0 Å². The third-order valence-corrected chi connectivity index (χ3v) is 2.89. The van der Waals surface area contributed by atoms with Crippen molar-refractivity contribution in [1.29, 1.82) is 0 Å². The van der Waals surface area contributed by atoms with Gasteiger partial charge in [0.05, 0.1) is 6.61 Å². The Morgan fingerprint density at radius 1 is 1.38 bits per heavy atom. The zero-order valence-electron chi connectivity index (χ0n) is 11.2. The first-order valence-corrected chi connectivity index (χ1v) is 6.15. The van der Waals surface area contributed by atoms with Gasteiger partial charge in [-0.2, -0.15) is 0 Å². The number of hydrogen-bond acceptors (Lipinski definition) is 3. The number of esters is 1. The maximum absolute atomic E-state index is 11.6. The van der Waals surface area contributed by atoms with E-state index in [0.717, 1.165) is 12.0 Å². The maximum Gasteiger partial charge on any atom is 0.333 e. The van der Waals surface area contributed by atoms with Crippen molar-refractivity contribution >= 4 is 5.97 Å². The van der Waals surface area contributed by atoms with Crippen LogP contribution in [0.2, 0.25) is 0 Å². The van der Waals surface area contributed by atoms with E-state index in [4.69, 9.17) is 4.74 Å². The molecule has 1 N–H and O–H groups in total. The van der Waals surface area contributed by atoms with Crippen molar-refractivity contribution in [3.63, 3.8) is 0 Å². The van der Waals surface area contributed by atoms with Crippen LogP contribution in [0.1, 0.15) is 40.5 Å². The van der Waals surface area contributed by atoms with Crippen LogP contribution in [0.3, 0.4) is 0 Å². The lowest BCUT2D eigenvalue weighted by Gasteiger charge is -2.20. The molecule has 0 fully saturated rings.